The van der Waals surface area contributed by atoms with E-state index in [1.54, 1.807) is 23.9 Å². The number of benzene rings is 1. The van der Waals surface area contributed by atoms with Crippen molar-refractivity contribution in [1.29, 1.82) is 0 Å². The van der Waals surface area contributed by atoms with Crippen molar-refractivity contribution in [1.82, 2.24) is 0 Å². The molecule has 0 saturated heterocycles. The summed E-state index contributed by atoms with van der Waals surface area (Å²) in [5.74, 6) is -0.760. The lowest BCUT2D eigenvalue weighted by atomic mass is 10.1. The van der Waals surface area contributed by atoms with Gasteiger partial charge in [-0.15, -0.1) is 11.8 Å². The first-order valence-corrected chi connectivity index (χ1v) is 7.12. The molecule has 0 bridgehead atoms. The topological polar surface area (TPSA) is 37.3 Å². The second kappa shape index (κ2) is 5.78. The van der Waals surface area contributed by atoms with Crippen molar-refractivity contribution in [2.45, 2.75) is 36.2 Å². The fraction of sp³-hybridized carbons (Fsp3) is 0.462. The number of carbonyl (C=O) groups is 1. The van der Waals surface area contributed by atoms with Crippen LogP contribution in [-0.4, -0.2) is 16.3 Å². The van der Waals surface area contributed by atoms with Crippen LogP contribution < -0.4 is 0 Å². The number of thioether (sulfide) groups is 1. The molecule has 1 saturated carbocycles. The lowest BCUT2D eigenvalue weighted by Gasteiger charge is -2.16. The number of halogens is 1. The van der Waals surface area contributed by atoms with E-state index in [-0.39, 0.29) is 0 Å². The zero-order chi connectivity index (χ0) is 12.3. The molecule has 0 amide bonds. The summed E-state index contributed by atoms with van der Waals surface area (Å²) >= 11 is 7.39. The van der Waals surface area contributed by atoms with Crippen LogP contribution in [0.2, 0.25) is 5.02 Å². The van der Waals surface area contributed by atoms with Crippen molar-refractivity contribution in [2.24, 2.45) is 0 Å². The first kappa shape index (κ1) is 12.8. The Balaban J connectivity index is 2.10. The molecule has 0 radical (unpaired) electrons. The van der Waals surface area contributed by atoms with Gasteiger partial charge in [0.05, 0.1) is 0 Å². The Labute approximate surface area is 110 Å². The maximum absolute atomic E-state index is 11.3. The minimum atomic E-state index is -0.760. The minimum Gasteiger partial charge on any atom is -0.480 e. The number of hydrogen-bond donors (Lipinski definition) is 1. The highest BCUT2D eigenvalue weighted by molar-refractivity contribution is 8.00. The summed E-state index contributed by atoms with van der Waals surface area (Å²) in [6.45, 7) is 0. The highest BCUT2D eigenvalue weighted by Crippen LogP contribution is 2.39. The molecule has 1 N–H and O–H groups in total. The molecule has 1 aromatic rings. The Morgan fingerprint density at radius 3 is 2.41 bits per heavy atom. The molecule has 1 aromatic carbocycles. The van der Waals surface area contributed by atoms with Gasteiger partial charge in [-0.2, -0.15) is 0 Å². The average Bonchev–Trinajstić information content (AvgIpc) is 2.80. The lowest BCUT2D eigenvalue weighted by molar-refractivity contribution is -0.136. The van der Waals surface area contributed by atoms with Crippen LogP contribution in [0.1, 0.15) is 36.5 Å². The van der Waals surface area contributed by atoms with Crippen LogP contribution in [0.25, 0.3) is 0 Å². The molecular weight excluding hydrogens is 256 g/mol. The molecule has 17 heavy (non-hydrogen) atoms. The van der Waals surface area contributed by atoms with Crippen molar-refractivity contribution in [3.8, 4) is 0 Å². The van der Waals surface area contributed by atoms with Crippen molar-refractivity contribution in [2.75, 3.05) is 0 Å². The van der Waals surface area contributed by atoms with Crippen molar-refractivity contribution in [3.63, 3.8) is 0 Å². The molecule has 1 fully saturated rings. The van der Waals surface area contributed by atoms with Crippen LogP contribution in [0.15, 0.2) is 24.3 Å². The van der Waals surface area contributed by atoms with Gasteiger partial charge in [0.15, 0.2) is 0 Å². The number of rotatable bonds is 4. The summed E-state index contributed by atoms with van der Waals surface area (Å²) in [5, 5.41) is 9.97. The molecule has 92 valence electrons. The number of carboxylic acid groups (broad SMARTS) is 1. The summed E-state index contributed by atoms with van der Waals surface area (Å²) in [5.41, 5.74) is 0.832. The van der Waals surface area contributed by atoms with E-state index in [1.165, 1.54) is 12.8 Å². The first-order valence-electron chi connectivity index (χ1n) is 5.80. The van der Waals surface area contributed by atoms with Crippen LogP contribution in [0, 0.1) is 0 Å². The van der Waals surface area contributed by atoms with Crippen molar-refractivity contribution in [3.05, 3.63) is 34.9 Å². The zero-order valence-corrected chi connectivity index (χ0v) is 11.0. The third-order valence-electron chi connectivity index (χ3n) is 3.03. The average molecular weight is 271 g/mol. The van der Waals surface area contributed by atoms with Gasteiger partial charge in [0.2, 0.25) is 0 Å². The van der Waals surface area contributed by atoms with E-state index in [4.69, 9.17) is 11.6 Å². The van der Waals surface area contributed by atoms with Gasteiger partial charge >= 0.3 is 5.97 Å². The quantitative estimate of drug-likeness (QED) is 0.893. The smallest absolute Gasteiger partial charge is 0.321 e. The molecule has 2 rings (SSSR count). The van der Waals surface area contributed by atoms with Gasteiger partial charge in [0, 0.05) is 10.3 Å². The fourth-order valence-corrected chi connectivity index (χ4v) is 3.68. The fourth-order valence-electron chi connectivity index (χ4n) is 2.13. The highest BCUT2D eigenvalue weighted by Gasteiger charge is 2.26. The maximum Gasteiger partial charge on any atom is 0.321 e. The van der Waals surface area contributed by atoms with E-state index in [9.17, 15) is 9.90 Å². The Hall–Kier alpha value is -0.670. The Kier molecular flexibility index (Phi) is 4.35. The van der Waals surface area contributed by atoms with Crippen LogP contribution in [0.3, 0.4) is 0 Å². The minimum absolute atomic E-state index is 0.463. The standard InChI is InChI=1S/C13H15ClO2S/c14-10-7-5-9(6-8-10)12(13(15)16)17-11-3-1-2-4-11/h5-8,11-12H,1-4H2,(H,15,16)/t12-/m1/s1. The van der Waals surface area contributed by atoms with E-state index in [1.807, 2.05) is 12.1 Å². The Morgan fingerprint density at radius 1 is 1.29 bits per heavy atom. The summed E-state index contributed by atoms with van der Waals surface area (Å²) < 4.78 is 0. The molecule has 0 spiro atoms. The van der Waals surface area contributed by atoms with Crippen LogP contribution in [0.5, 0.6) is 0 Å². The van der Waals surface area contributed by atoms with Gasteiger partial charge in [-0.1, -0.05) is 36.6 Å². The number of aliphatic carboxylic acids is 1. The van der Waals surface area contributed by atoms with Crippen LogP contribution in [0.4, 0.5) is 0 Å². The molecule has 1 aliphatic carbocycles. The van der Waals surface area contributed by atoms with Crippen molar-refractivity contribution < 1.29 is 9.90 Å². The molecular formula is C13H15ClO2S. The van der Waals surface area contributed by atoms with E-state index in [0.29, 0.717) is 10.3 Å². The second-order valence-corrected chi connectivity index (χ2v) is 6.16. The van der Waals surface area contributed by atoms with Crippen LogP contribution in [-0.2, 0) is 4.79 Å². The summed E-state index contributed by atoms with van der Waals surface area (Å²) in [7, 11) is 0. The third kappa shape index (κ3) is 3.39. The second-order valence-electron chi connectivity index (χ2n) is 4.31. The molecule has 2 nitrogen and oxygen atoms in total. The van der Waals surface area contributed by atoms with E-state index in [2.05, 4.69) is 0 Å². The van der Waals surface area contributed by atoms with Crippen molar-refractivity contribution >= 4 is 29.3 Å². The van der Waals surface area contributed by atoms with Gasteiger partial charge in [-0.3, -0.25) is 4.79 Å². The Morgan fingerprint density at radius 2 is 1.88 bits per heavy atom. The van der Waals surface area contributed by atoms with Gasteiger partial charge in [-0.25, -0.2) is 0 Å². The molecule has 0 heterocycles. The normalized spacial score (nSPS) is 18.2. The number of hydrogen-bond acceptors (Lipinski definition) is 2. The van der Waals surface area contributed by atoms with Gasteiger partial charge < -0.3 is 5.11 Å². The molecule has 1 atom stereocenters. The molecule has 0 aromatic heterocycles. The summed E-state index contributed by atoms with van der Waals surface area (Å²) in [4.78, 5) is 11.3. The maximum atomic E-state index is 11.3. The molecule has 1 aliphatic rings. The predicted molar refractivity (Wildman–Crippen MR) is 71.7 cm³/mol. The highest BCUT2D eigenvalue weighted by atomic mass is 35.5. The van der Waals surface area contributed by atoms with E-state index in [0.717, 1.165) is 18.4 Å². The van der Waals surface area contributed by atoms with E-state index >= 15 is 0 Å². The number of carboxylic acids is 1. The summed E-state index contributed by atoms with van der Waals surface area (Å²) in [6, 6.07) is 7.12. The van der Waals surface area contributed by atoms with Crippen LogP contribution >= 0.6 is 23.4 Å². The lowest BCUT2D eigenvalue weighted by Crippen LogP contribution is -2.11. The summed E-state index contributed by atoms with van der Waals surface area (Å²) in [6.07, 6.45) is 4.74. The largest absolute Gasteiger partial charge is 0.480 e. The third-order valence-corrected chi connectivity index (χ3v) is 4.88. The molecule has 0 aliphatic heterocycles. The van der Waals surface area contributed by atoms with Gasteiger partial charge in [-0.05, 0) is 30.5 Å². The zero-order valence-electron chi connectivity index (χ0n) is 9.43. The predicted octanol–water partition coefficient (Wildman–Crippen LogP) is 4.14. The Bertz CT molecular complexity index is 385. The first-order chi connectivity index (χ1) is 8.16. The van der Waals surface area contributed by atoms with Gasteiger partial charge in [0.25, 0.3) is 0 Å². The molecule has 0 unspecified atom stereocenters. The monoisotopic (exact) mass is 270 g/mol. The van der Waals surface area contributed by atoms with Gasteiger partial charge in [0.1, 0.15) is 5.25 Å². The SMILES string of the molecule is O=C(O)[C@H](SC1CCCC1)c1ccc(Cl)cc1. The van der Waals surface area contributed by atoms with E-state index < -0.39 is 11.2 Å². The molecule has 4 heteroatoms.